The molecule has 1 unspecified atom stereocenters. The van der Waals surface area contributed by atoms with Crippen molar-refractivity contribution in [3.05, 3.63) is 59.4 Å². The van der Waals surface area contributed by atoms with E-state index in [-0.39, 0.29) is 6.04 Å². The fourth-order valence-electron chi connectivity index (χ4n) is 4.62. The molecule has 2 N–H and O–H groups in total. The first kappa shape index (κ1) is 18.2. The first-order valence-corrected chi connectivity index (χ1v) is 10.4. The van der Waals surface area contributed by atoms with Crippen LogP contribution in [0.4, 0.5) is 10.5 Å². The van der Waals surface area contributed by atoms with Crippen LogP contribution in [-0.4, -0.2) is 39.9 Å². The number of rotatable bonds is 4. The molecule has 3 heterocycles. The topological polar surface area (TPSA) is 70.4 Å². The van der Waals surface area contributed by atoms with E-state index in [0.717, 1.165) is 67.0 Å². The molecule has 0 aliphatic carbocycles. The minimum Gasteiger partial charge on any atom is -0.465 e. The number of nitrogens with zero attached hydrogens (tertiary/aromatic N) is 3. The van der Waals surface area contributed by atoms with Gasteiger partial charge in [0, 0.05) is 43.6 Å². The van der Waals surface area contributed by atoms with E-state index in [1.165, 1.54) is 10.5 Å². The Bertz CT molecular complexity index is 1060. The maximum absolute atomic E-state index is 11.9. The lowest BCUT2D eigenvalue weighted by molar-refractivity contribution is 0.198. The van der Waals surface area contributed by atoms with Crippen LogP contribution in [0.25, 0.3) is 11.0 Å². The highest BCUT2D eigenvalue weighted by molar-refractivity contribution is 5.94. The van der Waals surface area contributed by atoms with Gasteiger partial charge < -0.3 is 15.0 Å². The molecule has 6 heteroatoms. The molecule has 5 rings (SSSR count). The first-order valence-electron chi connectivity index (χ1n) is 10.4. The Labute approximate surface area is 170 Å². The normalized spacial score (nSPS) is 19.2. The fourth-order valence-corrected chi connectivity index (χ4v) is 4.62. The number of aromatic nitrogens is 2. The molecule has 1 aromatic heterocycles. The number of carbonyl (C=O) groups is 1. The number of imidazole rings is 1. The van der Waals surface area contributed by atoms with Gasteiger partial charge in [0.1, 0.15) is 5.82 Å². The fraction of sp³-hybridized carbons (Fsp3) is 0.391. The molecule has 1 amide bonds. The molecule has 2 aliphatic rings. The second-order valence-corrected chi connectivity index (χ2v) is 8.30. The van der Waals surface area contributed by atoms with E-state index < -0.39 is 6.09 Å². The zero-order chi connectivity index (χ0) is 20.0. The minimum atomic E-state index is -0.887. The molecule has 0 bridgehead atoms. The monoisotopic (exact) mass is 390 g/mol. The third-order valence-electron chi connectivity index (χ3n) is 6.31. The van der Waals surface area contributed by atoms with Crippen LogP contribution < -0.4 is 10.2 Å². The Morgan fingerprint density at radius 3 is 2.69 bits per heavy atom. The third-order valence-corrected chi connectivity index (χ3v) is 6.31. The van der Waals surface area contributed by atoms with Gasteiger partial charge in [0.25, 0.3) is 0 Å². The summed E-state index contributed by atoms with van der Waals surface area (Å²) >= 11 is 0. The van der Waals surface area contributed by atoms with E-state index in [9.17, 15) is 9.90 Å². The van der Waals surface area contributed by atoms with Crippen LogP contribution in [-0.2, 0) is 19.4 Å². The maximum atomic E-state index is 11.9. The Hall–Kier alpha value is -2.86. The smallest absolute Gasteiger partial charge is 0.412 e. The van der Waals surface area contributed by atoms with Gasteiger partial charge in [0.05, 0.1) is 16.7 Å². The lowest BCUT2D eigenvalue weighted by Gasteiger charge is -2.33. The van der Waals surface area contributed by atoms with E-state index in [0.29, 0.717) is 5.92 Å². The van der Waals surface area contributed by atoms with Crippen molar-refractivity contribution in [2.45, 2.75) is 38.8 Å². The summed E-state index contributed by atoms with van der Waals surface area (Å²) in [5, 5.41) is 13.1. The first-order chi connectivity index (χ1) is 14.1. The Kier molecular flexibility index (Phi) is 4.51. The van der Waals surface area contributed by atoms with Crippen molar-refractivity contribution >= 4 is 22.8 Å². The van der Waals surface area contributed by atoms with Crippen LogP contribution in [0, 0.1) is 5.92 Å². The van der Waals surface area contributed by atoms with Crippen molar-refractivity contribution in [3.8, 4) is 0 Å². The van der Waals surface area contributed by atoms with Crippen molar-refractivity contribution < 1.29 is 9.90 Å². The number of nitrogens with one attached hydrogen (secondary N) is 1. The molecule has 29 heavy (non-hydrogen) atoms. The zero-order valence-corrected chi connectivity index (χ0v) is 16.6. The summed E-state index contributed by atoms with van der Waals surface area (Å²) in [4.78, 5) is 18.4. The lowest BCUT2D eigenvalue weighted by Crippen LogP contribution is -2.44. The third kappa shape index (κ3) is 3.17. The van der Waals surface area contributed by atoms with Crippen LogP contribution in [0.2, 0.25) is 0 Å². The summed E-state index contributed by atoms with van der Waals surface area (Å²) in [6.45, 7) is 5.01. The van der Waals surface area contributed by atoms with Gasteiger partial charge in [-0.25, -0.2) is 9.78 Å². The van der Waals surface area contributed by atoms with Gasteiger partial charge in [-0.3, -0.25) is 4.90 Å². The second kappa shape index (κ2) is 7.19. The quantitative estimate of drug-likeness (QED) is 0.713. The molecule has 0 spiro atoms. The number of anilines is 1. The molecule has 3 aromatic rings. The number of aryl methyl sites for hydroxylation is 1. The molecule has 150 valence electrons. The summed E-state index contributed by atoms with van der Waals surface area (Å²) < 4.78 is 2.36. The average molecular weight is 390 g/mol. The minimum absolute atomic E-state index is 0.00984. The van der Waals surface area contributed by atoms with E-state index >= 15 is 0 Å². The largest absolute Gasteiger partial charge is 0.465 e. The van der Waals surface area contributed by atoms with Gasteiger partial charge in [-0.1, -0.05) is 30.3 Å². The molecule has 2 aromatic carbocycles. The number of hydrogen-bond acceptors (Lipinski definition) is 3. The van der Waals surface area contributed by atoms with E-state index in [2.05, 4.69) is 40.2 Å². The standard InChI is InChI=1S/C23H26N4O2/c1-15-7-8-18-19(27(15)23(28)29)9-10-20-22(18)25-21(11-16-5-3-2-4-6-16)26(20)14-17-12-24-13-17/h2-6,9-10,15,17,24H,7-8,11-14H2,1H3,(H,28,29). The highest BCUT2D eigenvalue weighted by Crippen LogP contribution is 2.36. The van der Waals surface area contributed by atoms with Gasteiger partial charge in [0.15, 0.2) is 0 Å². The molecule has 2 aliphatic heterocycles. The molecular weight excluding hydrogens is 364 g/mol. The Balaban J connectivity index is 1.63. The summed E-state index contributed by atoms with van der Waals surface area (Å²) in [6.07, 6.45) is 1.59. The SMILES string of the molecule is CC1CCc2c(ccc3c2nc(Cc2ccccc2)n3CC2CNC2)N1C(=O)O. The lowest BCUT2D eigenvalue weighted by atomic mass is 9.95. The average Bonchev–Trinajstić information content (AvgIpc) is 3.02. The molecule has 6 nitrogen and oxygen atoms in total. The second-order valence-electron chi connectivity index (χ2n) is 8.30. The Morgan fingerprint density at radius 1 is 1.21 bits per heavy atom. The summed E-state index contributed by atoms with van der Waals surface area (Å²) in [5.41, 5.74) is 5.21. The van der Waals surface area contributed by atoms with E-state index in [1.807, 2.05) is 19.1 Å². The highest BCUT2D eigenvalue weighted by Gasteiger charge is 2.31. The summed E-state index contributed by atoms with van der Waals surface area (Å²) in [6, 6.07) is 14.5. The zero-order valence-electron chi connectivity index (χ0n) is 16.6. The van der Waals surface area contributed by atoms with E-state index in [4.69, 9.17) is 4.98 Å². The van der Waals surface area contributed by atoms with Gasteiger partial charge in [-0.15, -0.1) is 0 Å². The summed E-state index contributed by atoms with van der Waals surface area (Å²) in [5.74, 6) is 1.68. The van der Waals surface area contributed by atoms with Gasteiger partial charge >= 0.3 is 6.09 Å². The predicted molar refractivity (Wildman–Crippen MR) is 114 cm³/mol. The Morgan fingerprint density at radius 2 is 2.00 bits per heavy atom. The maximum Gasteiger partial charge on any atom is 0.412 e. The van der Waals surface area contributed by atoms with Gasteiger partial charge in [0.2, 0.25) is 0 Å². The van der Waals surface area contributed by atoms with Crippen molar-refractivity contribution in [1.82, 2.24) is 14.9 Å². The van der Waals surface area contributed by atoms with Crippen molar-refractivity contribution in [2.75, 3.05) is 18.0 Å². The number of hydrogen-bond donors (Lipinski definition) is 2. The van der Waals surface area contributed by atoms with Crippen LogP contribution in [0.5, 0.6) is 0 Å². The highest BCUT2D eigenvalue weighted by atomic mass is 16.4. The predicted octanol–water partition coefficient (Wildman–Crippen LogP) is 3.67. The van der Waals surface area contributed by atoms with Crippen LogP contribution in [0.3, 0.4) is 0 Å². The van der Waals surface area contributed by atoms with Crippen molar-refractivity contribution in [1.29, 1.82) is 0 Å². The van der Waals surface area contributed by atoms with Crippen LogP contribution >= 0.6 is 0 Å². The molecular formula is C23H26N4O2. The van der Waals surface area contributed by atoms with Gasteiger partial charge in [-0.2, -0.15) is 0 Å². The van der Waals surface area contributed by atoms with Gasteiger partial charge in [-0.05, 0) is 37.5 Å². The molecule has 0 radical (unpaired) electrons. The summed E-state index contributed by atoms with van der Waals surface area (Å²) in [7, 11) is 0. The molecule has 1 atom stereocenters. The van der Waals surface area contributed by atoms with Crippen molar-refractivity contribution in [3.63, 3.8) is 0 Å². The number of amides is 1. The van der Waals surface area contributed by atoms with E-state index in [1.54, 1.807) is 0 Å². The van der Waals surface area contributed by atoms with Crippen LogP contribution in [0.1, 0.15) is 30.3 Å². The number of benzene rings is 2. The number of fused-ring (bicyclic) bond motifs is 3. The van der Waals surface area contributed by atoms with Crippen LogP contribution in [0.15, 0.2) is 42.5 Å². The molecule has 0 saturated carbocycles. The molecule has 1 saturated heterocycles. The van der Waals surface area contributed by atoms with Crippen molar-refractivity contribution in [2.24, 2.45) is 5.92 Å². The number of carboxylic acid groups (broad SMARTS) is 1. The molecule has 1 fully saturated rings.